The van der Waals surface area contributed by atoms with E-state index in [4.69, 9.17) is 9.90 Å². The molecule has 0 aliphatic rings. The molecule has 11 nitrogen and oxygen atoms in total. The molecule has 0 aliphatic heterocycles. The third-order valence-electron chi connectivity index (χ3n) is 5.00. The van der Waals surface area contributed by atoms with Crippen LogP contribution in [0.25, 0.3) is 11.1 Å². The second-order valence-electron chi connectivity index (χ2n) is 8.22. The summed E-state index contributed by atoms with van der Waals surface area (Å²) in [5.41, 5.74) is 2.66. The number of amides is 4. The van der Waals surface area contributed by atoms with Gasteiger partial charge in [-0.05, 0) is 23.1 Å². The van der Waals surface area contributed by atoms with Crippen LogP contribution < -0.4 is 21.3 Å². The first-order valence-corrected chi connectivity index (χ1v) is 12.1. The number of halogens is 3. The van der Waals surface area contributed by atoms with Gasteiger partial charge in [0.05, 0.1) is 19.0 Å². The number of carboxylic acids is 2. The molecule has 0 bridgehead atoms. The molecule has 2 aromatic rings. The third-order valence-corrected chi connectivity index (χ3v) is 5.00. The van der Waals surface area contributed by atoms with Crippen molar-refractivity contribution in [2.24, 2.45) is 0 Å². The molecule has 0 heterocycles. The minimum Gasteiger partial charge on any atom is -0.481 e. The number of rotatable bonds is 12. The fourth-order valence-corrected chi connectivity index (χ4v) is 3.07. The fraction of sp³-hybridized carbons (Fsp3) is 0.346. The average molecular weight is 569 g/mol. The smallest absolute Gasteiger partial charge is 0.481 e. The van der Waals surface area contributed by atoms with Crippen LogP contribution in [0.4, 0.5) is 18.0 Å². The molecule has 0 aromatic heterocycles. The van der Waals surface area contributed by atoms with Gasteiger partial charge < -0.3 is 31.5 Å². The number of benzene rings is 2. The largest absolute Gasteiger partial charge is 0.490 e. The van der Waals surface area contributed by atoms with Gasteiger partial charge in [0, 0.05) is 19.5 Å². The van der Waals surface area contributed by atoms with E-state index in [1.807, 2.05) is 49.4 Å². The summed E-state index contributed by atoms with van der Waals surface area (Å²) in [5, 5.41) is 26.7. The highest BCUT2D eigenvalue weighted by molar-refractivity contribution is 5.85. The SMILES string of the molecule is CCCNC(=O)NCCC(=O)NCC(=O)NC(CC(=O)O)c1ccc(-c2ccccc2)cc1.O=C(O)C(F)(F)F. The van der Waals surface area contributed by atoms with E-state index in [-0.39, 0.29) is 32.0 Å². The van der Waals surface area contributed by atoms with Gasteiger partial charge in [-0.3, -0.25) is 14.4 Å². The Morgan fingerprint density at radius 1 is 0.800 bits per heavy atom. The van der Waals surface area contributed by atoms with Gasteiger partial charge in [-0.25, -0.2) is 9.59 Å². The van der Waals surface area contributed by atoms with Crippen molar-refractivity contribution in [2.45, 2.75) is 38.4 Å². The van der Waals surface area contributed by atoms with Gasteiger partial charge in [0.2, 0.25) is 11.8 Å². The molecule has 218 valence electrons. The maximum absolute atomic E-state index is 12.3. The molecule has 4 amide bonds. The standard InChI is InChI=1S/C24H30N4O5.C2HF3O2/c1-2-13-25-24(33)26-14-12-21(29)27-16-22(30)28-20(15-23(31)32)19-10-8-18(9-11-19)17-6-4-3-5-7-17;3-2(4,5)1(6)7/h3-11,20H,2,12-16H2,1H3,(H,27,29)(H,28,30)(H,31,32)(H2,25,26,33);(H,6,7). The van der Waals surface area contributed by atoms with Crippen LogP contribution in [0, 0.1) is 0 Å². The fourth-order valence-electron chi connectivity index (χ4n) is 3.07. The lowest BCUT2D eigenvalue weighted by atomic mass is 9.99. The Morgan fingerprint density at radius 3 is 1.88 bits per heavy atom. The van der Waals surface area contributed by atoms with Gasteiger partial charge in [-0.15, -0.1) is 0 Å². The van der Waals surface area contributed by atoms with Crippen molar-refractivity contribution in [3.05, 3.63) is 60.2 Å². The zero-order valence-corrected chi connectivity index (χ0v) is 21.6. The van der Waals surface area contributed by atoms with Crippen molar-refractivity contribution in [1.29, 1.82) is 0 Å². The van der Waals surface area contributed by atoms with Gasteiger partial charge >= 0.3 is 24.1 Å². The van der Waals surface area contributed by atoms with Crippen LogP contribution in [-0.4, -0.2) is 65.8 Å². The number of nitrogens with one attached hydrogen (secondary N) is 4. The summed E-state index contributed by atoms with van der Waals surface area (Å²) >= 11 is 0. The molecule has 0 spiro atoms. The van der Waals surface area contributed by atoms with Crippen molar-refractivity contribution in [3.8, 4) is 11.1 Å². The molecule has 0 radical (unpaired) electrons. The summed E-state index contributed by atoms with van der Waals surface area (Å²) in [6.07, 6.45) is -4.55. The number of carbonyl (C=O) groups excluding carboxylic acids is 3. The van der Waals surface area contributed by atoms with Gasteiger partial charge in [0.25, 0.3) is 0 Å². The van der Waals surface area contributed by atoms with Gasteiger partial charge in [-0.1, -0.05) is 61.5 Å². The minimum absolute atomic E-state index is 0.0202. The van der Waals surface area contributed by atoms with Crippen LogP contribution in [0.3, 0.4) is 0 Å². The molecule has 2 rings (SSSR count). The van der Waals surface area contributed by atoms with Crippen LogP contribution in [0.1, 0.15) is 37.8 Å². The minimum atomic E-state index is -5.08. The Hall–Kier alpha value is -4.62. The van der Waals surface area contributed by atoms with E-state index < -0.39 is 36.0 Å². The Labute approximate surface area is 228 Å². The summed E-state index contributed by atoms with van der Waals surface area (Å²) in [5.74, 6) is -4.71. The number of carboxylic acid groups (broad SMARTS) is 2. The molecular weight excluding hydrogens is 537 g/mol. The normalized spacial score (nSPS) is 11.2. The van der Waals surface area contributed by atoms with Crippen LogP contribution in [0.15, 0.2) is 54.6 Å². The second-order valence-corrected chi connectivity index (χ2v) is 8.22. The molecule has 0 fully saturated rings. The molecule has 1 unspecified atom stereocenters. The lowest BCUT2D eigenvalue weighted by Crippen LogP contribution is -2.41. The lowest BCUT2D eigenvalue weighted by Gasteiger charge is -2.18. The van der Waals surface area contributed by atoms with Crippen molar-refractivity contribution >= 4 is 29.8 Å². The maximum atomic E-state index is 12.3. The highest BCUT2D eigenvalue weighted by Crippen LogP contribution is 2.23. The highest BCUT2D eigenvalue weighted by atomic mass is 19.4. The topological polar surface area (TPSA) is 174 Å². The van der Waals surface area contributed by atoms with Gasteiger partial charge in [-0.2, -0.15) is 13.2 Å². The van der Waals surface area contributed by atoms with Crippen molar-refractivity contribution in [1.82, 2.24) is 21.3 Å². The molecule has 14 heteroatoms. The first kappa shape index (κ1) is 33.4. The Balaban J connectivity index is 0.00000101. The van der Waals surface area contributed by atoms with Crippen LogP contribution in [-0.2, 0) is 19.2 Å². The van der Waals surface area contributed by atoms with Crippen molar-refractivity contribution in [3.63, 3.8) is 0 Å². The van der Waals surface area contributed by atoms with E-state index in [1.54, 1.807) is 12.1 Å². The van der Waals surface area contributed by atoms with Gasteiger partial charge in [0.15, 0.2) is 0 Å². The van der Waals surface area contributed by atoms with Crippen molar-refractivity contribution < 1.29 is 47.4 Å². The number of hydrogen-bond acceptors (Lipinski definition) is 5. The lowest BCUT2D eigenvalue weighted by molar-refractivity contribution is -0.192. The predicted molar refractivity (Wildman–Crippen MR) is 138 cm³/mol. The zero-order chi connectivity index (χ0) is 30.1. The Morgan fingerprint density at radius 2 is 1.35 bits per heavy atom. The summed E-state index contributed by atoms with van der Waals surface area (Å²) in [6, 6.07) is 16.0. The monoisotopic (exact) mass is 568 g/mol. The Bertz CT molecular complexity index is 1130. The molecule has 40 heavy (non-hydrogen) atoms. The Kier molecular flexibility index (Phi) is 14.3. The quantitative estimate of drug-likeness (QED) is 0.228. The first-order chi connectivity index (χ1) is 18.8. The number of alkyl halides is 3. The molecular formula is C26H31F3N4O7. The molecule has 6 N–H and O–H groups in total. The maximum Gasteiger partial charge on any atom is 0.490 e. The average Bonchev–Trinajstić information content (AvgIpc) is 2.90. The molecule has 0 aliphatic carbocycles. The van der Waals surface area contributed by atoms with E-state index in [1.165, 1.54) is 0 Å². The van der Waals surface area contributed by atoms with E-state index in [9.17, 15) is 37.5 Å². The highest BCUT2D eigenvalue weighted by Gasteiger charge is 2.38. The molecule has 2 aromatic carbocycles. The molecule has 0 saturated carbocycles. The van der Waals surface area contributed by atoms with E-state index in [2.05, 4.69) is 21.3 Å². The summed E-state index contributed by atoms with van der Waals surface area (Å²) in [7, 11) is 0. The first-order valence-electron chi connectivity index (χ1n) is 12.1. The van der Waals surface area contributed by atoms with Crippen LogP contribution >= 0.6 is 0 Å². The zero-order valence-electron chi connectivity index (χ0n) is 21.6. The van der Waals surface area contributed by atoms with Crippen molar-refractivity contribution in [2.75, 3.05) is 19.6 Å². The predicted octanol–water partition coefficient (Wildman–Crippen LogP) is 2.83. The second kappa shape index (κ2) is 17.1. The van der Waals surface area contributed by atoms with E-state index in [0.29, 0.717) is 12.1 Å². The summed E-state index contributed by atoms with van der Waals surface area (Å²) in [4.78, 5) is 55.8. The summed E-state index contributed by atoms with van der Waals surface area (Å²) in [6.45, 7) is 2.32. The number of carbonyl (C=O) groups is 5. The van der Waals surface area contributed by atoms with E-state index in [0.717, 1.165) is 17.5 Å². The van der Waals surface area contributed by atoms with Gasteiger partial charge in [0.1, 0.15) is 0 Å². The molecule has 0 saturated heterocycles. The van der Waals surface area contributed by atoms with Crippen LogP contribution in [0.2, 0.25) is 0 Å². The number of aliphatic carboxylic acids is 2. The number of hydrogen-bond donors (Lipinski definition) is 6. The van der Waals surface area contributed by atoms with Crippen LogP contribution in [0.5, 0.6) is 0 Å². The summed E-state index contributed by atoms with van der Waals surface area (Å²) < 4.78 is 31.7. The van der Waals surface area contributed by atoms with E-state index >= 15 is 0 Å². The third kappa shape index (κ3) is 13.8. The number of urea groups is 1. The molecule has 1 atom stereocenters.